The fraction of sp³-hybridized carbons (Fsp3) is 0.529. The van der Waals surface area contributed by atoms with Crippen LogP contribution < -0.4 is 14.8 Å². The number of benzene rings is 1. The Bertz CT molecular complexity index is 756. The molecule has 25 heavy (non-hydrogen) atoms. The molecule has 1 saturated heterocycles. The third-order valence-electron chi connectivity index (χ3n) is 5.33. The zero-order chi connectivity index (χ0) is 16.7. The minimum atomic E-state index is -0.00833. The zero-order valence-electron chi connectivity index (χ0n) is 14.2. The molecule has 4 rings (SSSR count). The molecule has 0 spiro atoms. The summed E-state index contributed by atoms with van der Waals surface area (Å²) in [5.74, 6) is 2.89. The van der Waals surface area contributed by atoms with Crippen molar-refractivity contribution in [1.82, 2.24) is 15.5 Å². The molecule has 2 fully saturated rings. The smallest absolute Gasteiger partial charge is 0.234 e. The van der Waals surface area contributed by atoms with Crippen LogP contribution >= 0.6 is 24.0 Å². The normalized spacial score (nSPS) is 24.7. The molecule has 136 valence electrons. The average molecular weight is 386 g/mol. The highest BCUT2D eigenvalue weighted by Crippen LogP contribution is 2.47. The van der Waals surface area contributed by atoms with Gasteiger partial charge in [0.1, 0.15) is 0 Å². The predicted octanol–water partition coefficient (Wildman–Crippen LogP) is 3.47. The lowest BCUT2D eigenvalue weighted by Crippen LogP contribution is -2.31. The van der Waals surface area contributed by atoms with Crippen LogP contribution in [0.2, 0.25) is 5.02 Å². The van der Waals surface area contributed by atoms with Crippen molar-refractivity contribution in [2.24, 2.45) is 5.92 Å². The van der Waals surface area contributed by atoms with Gasteiger partial charge < -0.3 is 19.3 Å². The van der Waals surface area contributed by atoms with Crippen molar-refractivity contribution in [2.45, 2.75) is 24.7 Å². The summed E-state index contributed by atoms with van der Waals surface area (Å²) in [6.07, 6.45) is 3.53. The first-order valence-corrected chi connectivity index (χ1v) is 8.52. The van der Waals surface area contributed by atoms with Gasteiger partial charge in [0.2, 0.25) is 11.7 Å². The zero-order valence-corrected chi connectivity index (χ0v) is 15.7. The predicted molar refractivity (Wildman–Crippen MR) is 97.0 cm³/mol. The summed E-state index contributed by atoms with van der Waals surface area (Å²) >= 11 is 6.28. The molecule has 0 amide bonds. The SMILES string of the molecule is COc1cc(-c2noc([C@@]34CCC[C@@H]3CNC4)n2)cc(Cl)c1OC.Cl. The Hall–Kier alpha value is -1.50. The van der Waals surface area contributed by atoms with Crippen LogP contribution in [0.25, 0.3) is 11.4 Å². The highest BCUT2D eigenvalue weighted by molar-refractivity contribution is 6.32. The Morgan fingerprint density at radius 1 is 1.32 bits per heavy atom. The molecule has 2 aliphatic rings. The van der Waals surface area contributed by atoms with Crippen LogP contribution in [0, 0.1) is 5.92 Å². The highest BCUT2D eigenvalue weighted by Gasteiger charge is 2.51. The molecule has 0 bridgehead atoms. The van der Waals surface area contributed by atoms with Crippen molar-refractivity contribution in [3.63, 3.8) is 0 Å². The number of methoxy groups -OCH3 is 2. The maximum atomic E-state index is 6.28. The van der Waals surface area contributed by atoms with Gasteiger partial charge in [0.25, 0.3) is 0 Å². The highest BCUT2D eigenvalue weighted by atomic mass is 35.5. The number of hydrogen-bond donors (Lipinski definition) is 1. The number of ether oxygens (including phenoxy) is 2. The minimum Gasteiger partial charge on any atom is -0.493 e. The summed E-state index contributed by atoms with van der Waals surface area (Å²) in [4.78, 5) is 4.70. The van der Waals surface area contributed by atoms with Gasteiger partial charge in [0.15, 0.2) is 11.5 Å². The van der Waals surface area contributed by atoms with Crippen LogP contribution in [0.3, 0.4) is 0 Å². The van der Waals surface area contributed by atoms with Crippen molar-refractivity contribution in [3.05, 3.63) is 23.0 Å². The molecule has 1 N–H and O–H groups in total. The van der Waals surface area contributed by atoms with Gasteiger partial charge >= 0.3 is 0 Å². The summed E-state index contributed by atoms with van der Waals surface area (Å²) < 4.78 is 16.3. The summed E-state index contributed by atoms with van der Waals surface area (Å²) in [6, 6.07) is 3.59. The van der Waals surface area contributed by atoms with Crippen LogP contribution in [0.15, 0.2) is 16.7 Å². The molecule has 2 heterocycles. The van der Waals surface area contributed by atoms with E-state index in [-0.39, 0.29) is 17.8 Å². The van der Waals surface area contributed by atoms with E-state index in [0.717, 1.165) is 31.0 Å². The van der Waals surface area contributed by atoms with Crippen LogP contribution in [-0.4, -0.2) is 37.4 Å². The fourth-order valence-electron chi connectivity index (χ4n) is 4.09. The number of nitrogens with zero attached hydrogens (tertiary/aromatic N) is 2. The van der Waals surface area contributed by atoms with Crippen molar-refractivity contribution in [2.75, 3.05) is 27.3 Å². The van der Waals surface area contributed by atoms with Gasteiger partial charge in [-0.05, 0) is 37.4 Å². The molecule has 1 aromatic heterocycles. The van der Waals surface area contributed by atoms with E-state index >= 15 is 0 Å². The van der Waals surface area contributed by atoms with Crippen molar-refractivity contribution in [1.29, 1.82) is 0 Å². The van der Waals surface area contributed by atoms with Gasteiger partial charge in [-0.3, -0.25) is 0 Å². The number of nitrogens with one attached hydrogen (secondary N) is 1. The first-order valence-electron chi connectivity index (χ1n) is 8.15. The Balaban J connectivity index is 0.00000182. The molecular weight excluding hydrogens is 365 g/mol. The largest absolute Gasteiger partial charge is 0.493 e. The average Bonchev–Trinajstić information content (AvgIpc) is 3.28. The van der Waals surface area contributed by atoms with E-state index in [2.05, 4.69) is 10.5 Å². The molecule has 8 heteroatoms. The molecule has 1 aliphatic carbocycles. The number of rotatable bonds is 4. The first-order chi connectivity index (χ1) is 11.7. The van der Waals surface area contributed by atoms with Gasteiger partial charge in [-0.15, -0.1) is 12.4 Å². The minimum absolute atomic E-state index is 0. The molecular formula is C17H21Cl2N3O3. The monoisotopic (exact) mass is 385 g/mol. The van der Waals surface area contributed by atoms with Crippen LogP contribution in [0.4, 0.5) is 0 Å². The summed E-state index contributed by atoms with van der Waals surface area (Å²) in [7, 11) is 3.13. The second kappa shape index (κ2) is 7.02. The first kappa shape index (κ1) is 18.3. The lowest BCUT2D eigenvalue weighted by molar-refractivity contribution is 0.265. The fourth-order valence-corrected chi connectivity index (χ4v) is 4.38. The van der Waals surface area contributed by atoms with Gasteiger partial charge in [0, 0.05) is 12.1 Å². The maximum absolute atomic E-state index is 6.28. The molecule has 6 nitrogen and oxygen atoms in total. The van der Waals surface area contributed by atoms with Gasteiger partial charge in [-0.2, -0.15) is 4.98 Å². The number of hydrogen-bond acceptors (Lipinski definition) is 6. The van der Waals surface area contributed by atoms with Crippen molar-refractivity contribution >= 4 is 24.0 Å². The molecule has 1 saturated carbocycles. The van der Waals surface area contributed by atoms with Gasteiger partial charge in [-0.1, -0.05) is 23.2 Å². The Kier molecular flexibility index (Phi) is 5.14. The standard InChI is InChI=1S/C17H20ClN3O3.ClH/c1-22-13-7-10(6-12(18)14(13)23-2)15-20-16(24-21-15)17-5-3-4-11(17)8-19-9-17;/h6-7,11,19H,3-5,8-9H2,1-2H3;1H/t11-,17-;/m1./s1. The topological polar surface area (TPSA) is 69.4 Å². The summed E-state index contributed by atoms with van der Waals surface area (Å²) in [5.41, 5.74) is 0.746. The van der Waals surface area contributed by atoms with E-state index < -0.39 is 0 Å². The van der Waals surface area contributed by atoms with E-state index in [1.165, 1.54) is 12.8 Å². The molecule has 0 radical (unpaired) electrons. The van der Waals surface area contributed by atoms with E-state index in [4.69, 9.17) is 30.6 Å². The lowest BCUT2D eigenvalue weighted by Gasteiger charge is -2.22. The van der Waals surface area contributed by atoms with Gasteiger partial charge in [0.05, 0.1) is 24.7 Å². The van der Waals surface area contributed by atoms with Crippen LogP contribution in [0.5, 0.6) is 11.5 Å². The molecule has 2 aromatic rings. The number of fused-ring (bicyclic) bond motifs is 1. The van der Waals surface area contributed by atoms with Crippen molar-refractivity contribution < 1.29 is 14.0 Å². The third-order valence-corrected chi connectivity index (χ3v) is 5.61. The van der Waals surface area contributed by atoms with Crippen LogP contribution in [-0.2, 0) is 5.41 Å². The number of aromatic nitrogens is 2. The van der Waals surface area contributed by atoms with E-state index in [1.54, 1.807) is 20.3 Å². The molecule has 1 aliphatic heterocycles. The Morgan fingerprint density at radius 2 is 2.16 bits per heavy atom. The molecule has 2 atom stereocenters. The quantitative estimate of drug-likeness (QED) is 0.868. The second-order valence-corrected chi connectivity index (χ2v) is 6.90. The maximum Gasteiger partial charge on any atom is 0.234 e. The van der Waals surface area contributed by atoms with Crippen molar-refractivity contribution in [3.8, 4) is 22.9 Å². The number of halogens is 2. The second-order valence-electron chi connectivity index (χ2n) is 6.49. The van der Waals surface area contributed by atoms with E-state index in [9.17, 15) is 0 Å². The Labute approximate surface area is 157 Å². The van der Waals surface area contributed by atoms with E-state index in [0.29, 0.717) is 28.3 Å². The summed E-state index contributed by atoms with van der Waals surface area (Å²) in [5, 5.41) is 8.12. The molecule has 0 unspecified atom stereocenters. The Morgan fingerprint density at radius 3 is 2.92 bits per heavy atom. The van der Waals surface area contributed by atoms with Gasteiger partial charge in [-0.25, -0.2) is 0 Å². The summed E-state index contributed by atoms with van der Waals surface area (Å²) in [6.45, 7) is 1.94. The lowest BCUT2D eigenvalue weighted by atomic mass is 9.80. The third kappa shape index (κ3) is 2.86. The van der Waals surface area contributed by atoms with Crippen LogP contribution in [0.1, 0.15) is 25.2 Å². The molecule has 1 aromatic carbocycles. The van der Waals surface area contributed by atoms with E-state index in [1.807, 2.05) is 6.07 Å².